The average Bonchev–Trinajstić information content (AvgIpc) is 2.41. The molecule has 1 aliphatic rings. The van der Waals surface area contributed by atoms with E-state index in [1.807, 2.05) is 13.8 Å². The summed E-state index contributed by atoms with van der Waals surface area (Å²) in [6.45, 7) is 7.07. The third kappa shape index (κ3) is 5.21. The molecule has 1 aliphatic carbocycles. The molecular formula is C15H27NO3. The number of rotatable bonds is 6. The van der Waals surface area contributed by atoms with Crippen LogP contribution in [0, 0.1) is 5.92 Å². The van der Waals surface area contributed by atoms with Gasteiger partial charge in [0, 0.05) is 19.5 Å². The minimum absolute atomic E-state index is 0.0399. The van der Waals surface area contributed by atoms with Gasteiger partial charge in [-0.25, -0.2) is 0 Å². The van der Waals surface area contributed by atoms with E-state index in [4.69, 9.17) is 4.74 Å². The number of ether oxygens (including phenoxy) is 1. The van der Waals surface area contributed by atoms with Crippen LogP contribution in [0.3, 0.4) is 0 Å². The van der Waals surface area contributed by atoms with E-state index in [9.17, 15) is 9.59 Å². The van der Waals surface area contributed by atoms with Crippen molar-refractivity contribution in [1.82, 2.24) is 4.90 Å². The van der Waals surface area contributed by atoms with Crippen molar-refractivity contribution < 1.29 is 14.3 Å². The molecule has 0 aromatic heterocycles. The van der Waals surface area contributed by atoms with Crippen LogP contribution in [0.4, 0.5) is 0 Å². The first kappa shape index (κ1) is 16.0. The summed E-state index contributed by atoms with van der Waals surface area (Å²) in [5.74, 6) is -0.513. The summed E-state index contributed by atoms with van der Waals surface area (Å²) in [5, 5.41) is 0. The zero-order valence-corrected chi connectivity index (χ0v) is 12.5. The minimum atomic E-state index is -0.338. The largest absolute Gasteiger partial charge is 0.462 e. The number of esters is 1. The molecule has 1 fully saturated rings. The Labute approximate surface area is 116 Å². The van der Waals surface area contributed by atoms with E-state index in [2.05, 4.69) is 0 Å². The fraction of sp³-hybridized carbons (Fsp3) is 0.867. The molecule has 1 rings (SSSR count). The summed E-state index contributed by atoms with van der Waals surface area (Å²) in [6, 6.07) is 0. The Morgan fingerprint density at radius 2 is 1.74 bits per heavy atom. The van der Waals surface area contributed by atoms with Crippen molar-refractivity contribution in [3.63, 3.8) is 0 Å². The van der Waals surface area contributed by atoms with Crippen molar-refractivity contribution in [3.05, 3.63) is 0 Å². The zero-order valence-electron chi connectivity index (χ0n) is 12.5. The molecule has 0 saturated heterocycles. The standard InChI is InChI=1S/C15H27NO3/c1-4-16(5-2)14(17)11-12(3)15(18)19-13-9-7-6-8-10-13/h12-13H,4-11H2,1-3H3. The Hall–Kier alpha value is -1.06. The van der Waals surface area contributed by atoms with Gasteiger partial charge >= 0.3 is 5.97 Å². The maximum Gasteiger partial charge on any atom is 0.309 e. The van der Waals surface area contributed by atoms with E-state index in [-0.39, 0.29) is 30.3 Å². The quantitative estimate of drug-likeness (QED) is 0.697. The predicted octanol–water partition coefficient (Wildman–Crippen LogP) is 2.76. The lowest BCUT2D eigenvalue weighted by atomic mass is 9.97. The van der Waals surface area contributed by atoms with Crippen LogP contribution < -0.4 is 0 Å². The minimum Gasteiger partial charge on any atom is -0.462 e. The van der Waals surface area contributed by atoms with Crippen molar-refractivity contribution in [1.29, 1.82) is 0 Å². The number of nitrogens with zero attached hydrogens (tertiary/aromatic N) is 1. The van der Waals surface area contributed by atoms with Gasteiger partial charge in [-0.1, -0.05) is 13.3 Å². The smallest absolute Gasteiger partial charge is 0.309 e. The van der Waals surface area contributed by atoms with Gasteiger partial charge < -0.3 is 9.64 Å². The molecule has 0 heterocycles. The molecule has 4 heteroatoms. The molecule has 4 nitrogen and oxygen atoms in total. The first-order valence-electron chi connectivity index (χ1n) is 7.56. The van der Waals surface area contributed by atoms with Gasteiger partial charge in [0.15, 0.2) is 0 Å². The van der Waals surface area contributed by atoms with E-state index in [0.29, 0.717) is 13.1 Å². The third-order valence-electron chi connectivity index (χ3n) is 3.83. The molecule has 1 unspecified atom stereocenters. The molecule has 0 aromatic carbocycles. The van der Waals surface area contributed by atoms with Gasteiger partial charge in [-0.05, 0) is 39.5 Å². The third-order valence-corrected chi connectivity index (χ3v) is 3.83. The highest BCUT2D eigenvalue weighted by molar-refractivity contribution is 5.82. The SMILES string of the molecule is CCN(CC)C(=O)CC(C)C(=O)OC1CCCCC1. The predicted molar refractivity (Wildman–Crippen MR) is 74.7 cm³/mol. The van der Waals surface area contributed by atoms with Gasteiger partial charge in [0.1, 0.15) is 6.10 Å². The van der Waals surface area contributed by atoms with Crippen molar-refractivity contribution in [2.75, 3.05) is 13.1 Å². The maximum absolute atomic E-state index is 12.0. The summed E-state index contributed by atoms with van der Waals surface area (Å²) < 4.78 is 5.49. The first-order chi connectivity index (χ1) is 9.08. The molecule has 0 radical (unpaired) electrons. The summed E-state index contributed by atoms with van der Waals surface area (Å²) in [7, 11) is 0. The van der Waals surface area contributed by atoms with Gasteiger partial charge in [0.05, 0.1) is 5.92 Å². The molecule has 0 bridgehead atoms. The number of carbonyl (C=O) groups is 2. The molecule has 0 aliphatic heterocycles. The molecule has 0 N–H and O–H groups in total. The summed E-state index contributed by atoms with van der Waals surface area (Å²) >= 11 is 0. The highest BCUT2D eigenvalue weighted by atomic mass is 16.5. The van der Waals surface area contributed by atoms with Crippen LogP contribution in [-0.4, -0.2) is 36.0 Å². The molecule has 110 valence electrons. The van der Waals surface area contributed by atoms with Gasteiger partial charge in [-0.15, -0.1) is 0 Å². The summed E-state index contributed by atoms with van der Waals surface area (Å²) in [6.07, 6.45) is 5.81. The van der Waals surface area contributed by atoms with Gasteiger partial charge in [-0.2, -0.15) is 0 Å². The van der Waals surface area contributed by atoms with Crippen molar-refractivity contribution in [3.8, 4) is 0 Å². The van der Waals surface area contributed by atoms with Crippen LogP contribution in [0.5, 0.6) is 0 Å². The second-order valence-corrected chi connectivity index (χ2v) is 5.37. The number of carbonyl (C=O) groups excluding carboxylic acids is 2. The molecule has 1 saturated carbocycles. The average molecular weight is 269 g/mol. The lowest BCUT2D eigenvalue weighted by Crippen LogP contribution is -2.34. The van der Waals surface area contributed by atoms with E-state index < -0.39 is 0 Å². The lowest BCUT2D eigenvalue weighted by molar-refractivity contribution is -0.157. The molecule has 19 heavy (non-hydrogen) atoms. The molecule has 1 atom stereocenters. The van der Waals surface area contributed by atoms with E-state index >= 15 is 0 Å². The maximum atomic E-state index is 12.0. The summed E-state index contributed by atoms with van der Waals surface area (Å²) in [4.78, 5) is 25.6. The van der Waals surface area contributed by atoms with Crippen LogP contribution in [0.2, 0.25) is 0 Å². The fourth-order valence-electron chi connectivity index (χ4n) is 2.51. The van der Waals surface area contributed by atoms with Crippen LogP contribution in [0.15, 0.2) is 0 Å². The molecule has 0 spiro atoms. The highest BCUT2D eigenvalue weighted by Gasteiger charge is 2.24. The van der Waals surface area contributed by atoms with Crippen LogP contribution >= 0.6 is 0 Å². The number of amides is 1. The lowest BCUT2D eigenvalue weighted by Gasteiger charge is -2.24. The van der Waals surface area contributed by atoms with Crippen molar-refractivity contribution >= 4 is 11.9 Å². The second kappa shape index (κ2) is 8.18. The molecule has 0 aromatic rings. The van der Waals surface area contributed by atoms with Crippen LogP contribution in [0.1, 0.15) is 59.3 Å². The van der Waals surface area contributed by atoms with E-state index in [1.54, 1.807) is 11.8 Å². The molecule has 1 amide bonds. The molecular weight excluding hydrogens is 242 g/mol. The Kier molecular flexibility index (Phi) is 6.89. The zero-order chi connectivity index (χ0) is 14.3. The van der Waals surface area contributed by atoms with E-state index in [1.165, 1.54) is 6.42 Å². The monoisotopic (exact) mass is 269 g/mol. The Balaban J connectivity index is 2.37. The van der Waals surface area contributed by atoms with Gasteiger partial charge in [0.25, 0.3) is 0 Å². The van der Waals surface area contributed by atoms with Crippen LogP contribution in [0.25, 0.3) is 0 Å². The topological polar surface area (TPSA) is 46.6 Å². The van der Waals surface area contributed by atoms with Crippen LogP contribution in [-0.2, 0) is 14.3 Å². The number of hydrogen-bond donors (Lipinski definition) is 0. The Morgan fingerprint density at radius 1 is 1.16 bits per heavy atom. The normalized spacial score (nSPS) is 17.8. The van der Waals surface area contributed by atoms with Crippen molar-refractivity contribution in [2.45, 2.75) is 65.4 Å². The second-order valence-electron chi connectivity index (χ2n) is 5.37. The van der Waals surface area contributed by atoms with E-state index in [0.717, 1.165) is 25.7 Å². The Bertz CT molecular complexity index is 294. The van der Waals surface area contributed by atoms with Gasteiger partial charge in [0.2, 0.25) is 5.91 Å². The van der Waals surface area contributed by atoms with Crippen molar-refractivity contribution in [2.24, 2.45) is 5.92 Å². The summed E-state index contributed by atoms with van der Waals surface area (Å²) in [5.41, 5.74) is 0. The van der Waals surface area contributed by atoms with Gasteiger partial charge in [-0.3, -0.25) is 9.59 Å². The highest BCUT2D eigenvalue weighted by Crippen LogP contribution is 2.21. The first-order valence-corrected chi connectivity index (χ1v) is 7.56. The fourth-order valence-corrected chi connectivity index (χ4v) is 2.51. The Morgan fingerprint density at radius 3 is 2.26 bits per heavy atom. The number of hydrogen-bond acceptors (Lipinski definition) is 3.